The fraction of sp³-hybridized carbons (Fsp3) is 0.0500. The molecule has 0 aliphatic carbocycles. The molecule has 112 valence electrons. The van der Waals surface area contributed by atoms with Crippen molar-refractivity contribution in [1.82, 2.24) is 9.97 Å². The number of hydrogen-bond donors (Lipinski definition) is 1. The molecule has 4 aromatic rings. The fourth-order valence-electron chi connectivity index (χ4n) is 2.72. The quantitative estimate of drug-likeness (QED) is 0.497. The van der Waals surface area contributed by atoms with Gasteiger partial charge in [-0.15, -0.1) is 11.8 Å². The van der Waals surface area contributed by atoms with E-state index in [1.54, 1.807) is 11.8 Å². The highest BCUT2D eigenvalue weighted by atomic mass is 32.2. The number of rotatable bonds is 3. The number of benzene rings is 3. The van der Waals surface area contributed by atoms with Crippen molar-refractivity contribution >= 4 is 22.8 Å². The first kappa shape index (κ1) is 14.1. The maximum absolute atomic E-state index is 4.69. The summed E-state index contributed by atoms with van der Waals surface area (Å²) in [6.45, 7) is 0. The smallest absolute Gasteiger partial charge is 0.138 e. The lowest BCUT2D eigenvalue weighted by Crippen LogP contribution is -1.83. The minimum atomic E-state index is 0.911. The first-order chi connectivity index (χ1) is 11.3. The fourth-order valence-corrected chi connectivity index (χ4v) is 3.13. The molecular formula is C20H16N2S. The highest BCUT2D eigenvalue weighted by Gasteiger charge is 2.06. The third-order valence-electron chi connectivity index (χ3n) is 3.95. The van der Waals surface area contributed by atoms with Crippen LogP contribution in [0, 0.1) is 0 Å². The second-order valence-electron chi connectivity index (χ2n) is 5.41. The predicted molar refractivity (Wildman–Crippen MR) is 98.7 cm³/mol. The van der Waals surface area contributed by atoms with Gasteiger partial charge in [-0.3, -0.25) is 0 Å². The zero-order valence-corrected chi connectivity index (χ0v) is 13.6. The minimum absolute atomic E-state index is 0.911. The molecule has 3 aromatic carbocycles. The molecule has 4 rings (SSSR count). The Morgan fingerprint density at radius 1 is 0.783 bits per heavy atom. The molecule has 0 fully saturated rings. The zero-order chi connectivity index (χ0) is 15.6. The van der Waals surface area contributed by atoms with Crippen molar-refractivity contribution < 1.29 is 0 Å². The molecule has 0 saturated carbocycles. The van der Waals surface area contributed by atoms with Crippen LogP contribution in [0.4, 0.5) is 0 Å². The van der Waals surface area contributed by atoms with E-state index in [-0.39, 0.29) is 0 Å². The maximum atomic E-state index is 4.69. The van der Waals surface area contributed by atoms with Gasteiger partial charge >= 0.3 is 0 Å². The van der Waals surface area contributed by atoms with Crippen molar-refractivity contribution in [3.05, 3.63) is 72.8 Å². The van der Waals surface area contributed by atoms with Crippen LogP contribution in [0.5, 0.6) is 0 Å². The molecule has 1 heterocycles. The van der Waals surface area contributed by atoms with E-state index in [4.69, 9.17) is 0 Å². The van der Waals surface area contributed by atoms with Gasteiger partial charge in [-0.25, -0.2) is 4.98 Å². The number of aromatic amines is 1. The summed E-state index contributed by atoms with van der Waals surface area (Å²) >= 11 is 1.76. The summed E-state index contributed by atoms with van der Waals surface area (Å²) in [7, 11) is 0. The van der Waals surface area contributed by atoms with E-state index in [0.29, 0.717) is 0 Å². The minimum Gasteiger partial charge on any atom is -0.338 e. The van der Waals surface area contributed by atoms with Gasteiger partial charge in [0.05, 0.1) is 11.0 Å². The summed E-state index contributed by atoms with van der Waals surface area (Å²) < 4.78 is 0. The van der Waals surface area contributed by atoms with Crippen LogP contribution >= 0.6 is 11.8 Å². The predicted octanol–water partition coefficient (Wildman–Crippen LogP) is 5.62. The van der Waals surface area contributed by atoms with Crippen LogP contribution in [-0.2, 0) is 0 Å². The molecule has 0 radical (unpaired) electrons. The summed E-state index contributed by atoms with van der Waals surface area (Å²) in [6, 6.07) is 25.3. The molecule has 0 aliphatic rings. The van der Waals surface area contributed by atoms with Gasteiger partial charge in [-0.05, 0) is 47.7 Å². The van der Waals surface area contributed by atoms with Crippen LogP contribution in [0.25, 0.3) is 33.5 Å². The van der Waals surface area contributed by atoms with E-state index >= 15 is 0 Å². The van der Waals surface area contributed by atoms with E-state index in [0.717, 1.165) is 22.4 Å². The van der Waals surface area contributed by atoms with Crippen molar-refractivity contribution in [1.29, 1.82) is 0 Å². The lowest BCUT2D eigenvalue weighted by molar-refractivity contribution is 1.34. The van der Waals surface area contributed by atoms with Gasteiger partial charge in [-0.2, -0.15) is 0 Å². The summed E-state index contributed by atoms with van der Waals surface area (Å²) in [5.41, 5.74) is 5.60. The summed E-state index contributed by atoms with van der Waals surface area (Å²) in [5.74, 6) is 0.911. The largest absolute Gasteiger partial charge is 0.338 e. The van der Waals surface area contributed by atoms with Crippen LogP contribution < -0.4 is 0 Å². The summed E-state index contributed by atoms with van der Waals surface area (Å²) in [6.07, 6.45) is 2.09. The highest BCUT2D eigenvalue weighted by Crippen LogP contribution is 2.27. The van der Waals surface area contributed by atoms with Crippen molar-refractivity contribution in [2.45, 2.75) is 4.90 Å². The Balaban J connectivity index is 1.75. The van der Waals surface area contributed by atoms with Crippen molar-refractivity contribution in [2.24, 2.45) is 0 Å². The molecule has 0 amide bonds. The number of hydrogen-bond acceptors (Lipinski definition) is 2. The van der Waals surface area contributed by atoms with Crippen LogP contribution in [0.15, 0.2) is 77.7 Å². The average molecular weight is 316 g/mol. The van der Waals surface area contributed by atoms with E-state index in [9.17, 15) is 0 Å². The van der Waals surface area contributed by atoms with E-state index in [2.05, 4.69) is 70.8 Å². The third-order valence-corrected chi connectivity index (χ3v) is 4.69. The topological polar surface area (TPSA) is 28.7 Å². The second kappa shape index (κ2) is 5.94. The highest BCUT2D eigenvalue weighted by molar-refractivity contribution is 7.98. The Morgan fingerprint density at radius 3 is 2.35 bits per heavy atom. The van der Waals surface area contributed by atoms with Crippen LogP contribution in [0.3, 0.4) is 0 Å². The monoisotopic (exact) mass is 316 g/mol. The maximum Gasteiger partial charge on any atom is 0.138 e. The molecule has 0 bridgehead atoms. The summed E-state index contributed by atoms with van der Waals surface area (Å²) in [4.78, 5) is 9.36. The molecule has 23 heavy (non-hydrogen) atoms. The van der Waals surface area contributed by atoms with Crippen molar-refractivity contribution in [2.75, 3.05) is 6.26 Å². The number of imidazole rings is 1. The Hall–Kier alpha value is -2.52. The van der Waals surface area contributed by atoms with Gasteiger partial charge in [0.2, 0.25) is 0 Å². The third kappa shape index (κ3) is 2.76. The lowest BCUT2D eigenvalue weighted by atomic mass is 10.0. The van der Waals surface area contributed by atoms with Gasteiger partial charge in [0.1, 0.15) is 5.82 Å². The van der Waals surface area contributed by atoms with E-state index in [1.807, 2.05) is 18.2 Å². The van der Waals surface area contributed by atoms with Crippen molar-refractivity contribution in [3.8, 4) is 22.5 Å². The normalized spacial score (nSPS) is 11.0. The lowest BCUT2D eigenvalue weighted by Gasteiger charge is -2.05. The molecule has 0 unspecified atom stereocenters. The van der Waals surface area contributed by atoms with E-state index < -0.39 is 0 Å². The number of aromatic nitrogens is 2. The first-order valence-corrected chi connectivity index (χ1v) is 8.75. The Bertz CT molecular complexity index is 922. The molecule has 0 saturated heterocycles. The molecule has 1 aromatic heterocycles. The van der Waals surface area contributed by atoms with Crippen LogP contribution in [0.2, 0.25) is 0 Å². The van der Waals surface area contributed by atoms with Gasteiger partial charge in [0.15, 0.2) is 0 Å². The number of nitrogens with zero attached hydrogens (tertiary/aromatic N) is 1. The molecule has 0 aliphatic heterocycles. The van der Waals surface area contributed by atoms with Gasteiger partial charge in [-0.1, -0.05) is 42.5 Å². The van der Waals surface area contributed by atoms with Crippen molar-refractivity contribution in [3.63, 3.8) is 0 Å². The van der Waals surface area contributed by atoms with E-state index in [1.165, 1.54) is 16.0 Å². The van der Waals surface area contributed by atoms with Crippen LogP contribution in [-0.4, -0.2) is 16.2 Å². The first-order valence-electron chi connectivity index (χ1n) is 7.53. The number of fused-ring (bicyclic) bond motifs is 1. The molecule has 2 nitrogen and oxygen atoms in total. The summed E-state index contributed by atoms with van der Waals surface area (Å²) in [5, 5.41) is 0. The molecule has 0 atom stereocenters. The number of thioether (sulfide) groups is 1. The second-order valence-corrected chi connectivity index (χ2v) is 6.29. The number of para-hydroxylation sites is 2. The molecule has 1 N–H and O–H groups in total. The van der Waals surface area contributed by atoms with Gasteiger partial charge in [0, 0.05) is 10.5 Å². The Morgan fingerprint density at radius 2 is 1.57 bits per heavy atom. The molecular weight excluding hydrogens is 300 g/mol. The Kier molecular flexibility index (Phi) is 3.64. The number of H-pyrrole nitrogens is 1. The molecule has 3 heteroatoms. The SMILES string of the molecule is CSc1ccc(-c2cccc(-c3nc4ccccc4[nH]3)c2)cc1. The zero-order valence-electron chi connectivity index (χ0n) is 12.8. The average Bonchev–Trinajstić information content (AvgIpc) is 3.06. The number of nitrogens with one attached hydrogen (secondary N) is 1. The molecule has 0 spiro atoms. The van der Waals surface area contributed by atoms with Crippen LogP contribution in [0.1, 0.15) is 0 Å². The standard InChI is InChI=1S/C20H16N2S/c1-23-17-11-9-14(10-12-17)15-5-4-6-16(13-15)20-21-18-7-2-3-8-19(18)22-20/h2-13H,1H3,(H,21,22). The van der Waals surface area contributed by atoms with Gasteiger partial charge < -0.3 is 4.98 Å². The Labute approximate surface area is 139 Å². The van der Waals surface area contributed by atoms with Gasteiger partial charge in [0.25, 0.3) is 0 Å².